The summed E-state index contributed by atoms with van der Waals surface area (Å²) in [5.74, 6) is 0.840. The highest BCUT2D eigenvalue weighted by atomic mass is 14.2. The molecule has 0 radical (unpaired) electrons. The van der Waals surface area contributed by atoms with Gasteiger partial charge in [-0.3, -0.25) is 0 Å². The molecule has 1 saturated carbocycles. The maximum Gasteiger partial charge on any atom is -0.0126 e. The number of benzene rings is 1. The monoisotopic (exact) mass is 362 g/mol. The van der Waals surface area contributed by atoms with Gasteiger partial charge in [-0.2, -0.15) is 0 Å². The van der Waals surface area contributed by atoms with Gasteiger partial charge in [0, 0.05) is 0 Å². The van der Waals surface area contributed by atoms with E-state index in [0.717, 1.165) is 18.8 Å². The van der Waals surface area contributed by atoms with Crippen molar-refractivity contribution in [1.29, 1.82) is 0 Å². The number of rotatable bonds is 8. The van der Waals surface area contributed by atoms with E-state index in [1.54, 1.807) is 0 Å². The van der Waals surface area contributed by atoms with Gasteiger partial charge in [-0.25, -0.2) is 0 Å². The van der Waals surface area contributed by atoms with Gasteiger partial charge in [0.05, 0.1) is 0 Å². The molecule has 27 heavy (non-hydrogen) atoms. The highest BCUT2D eigenvalue weighted by Crippen LogP contribution is 2.36. The van der Waals surface area contributed by atoms with Gasteiger partial charge in [-0.15, -0.1) is 0 Å². The SMILES string of the molecule is C=C(C)/C(CC)=C(\C=C(/C)c1cccc(C)c1C(=C)CC)CC1CCCC1. The molecular formula is C27H38. The second-order valence-electron chi connectivity index (χ2n) is 8.27. The predicted octanol–water partition coefficient (Wildman–Crippen LogP) is 8.68. The van der Waals surface area contributed by atoms with Crippen molar-refractivity contribution in [2.75, 3.05) is 0 Å². The molecule has 1 aromatic rings. The van der Waals surface area contributed by atoms with E-state index in [0.29, 0.717) is 0 Å². The maximum atomic E-state index is 4.34. The Balaban J connectivity index is 2.52. The quantitative estimate of drug-likeness (QED) is 0.406. The van der Waals surface area contributed by atoms with Crippen LogP contribution in [0.1, 0.15) is 89.3 Å². The van der Waals surface area contributed by atoms with Crippen LogP contribution in [0.5, 0.6) is 0 Å². The predicted molar refractivity (Wildman–Crippen MR) is 123 cm³/mol. The normalized spacial score (nSPS) is 16.4. The smallest absolute Gasteiger partial charge is 0.0126 e. The molecule has 1 aromatic carbocycles. The molecule has 0 aliphatic heterocycles. The average Bonchev–Trinajstić information content (AvgIpc) is 3.14. The highest BCUT2D eigenvalue weighted by Gasteiger charge is 2.18. The lowest BCUT2D eigenvalue weighted by atomic mass is 9.86. The molecular weight excluding hydrogens is 324 g/mol. The van der Waals surface area contributed by atoms with Crippen molar-refractivity contribution in [3.63, 3.8) is 0 Å². The van der Waals surface area contributed by atoms with Crippen molar-refractivity contribution in [1.82, 2.24) is 0 Å². The zero-order valence-corrected chi connectivity index (χ0v) is 18.3. The van der Waals surface area contributed by atoms with Gasteiger partial charge >= 0.3 is 0 Å². The molecule has 0 heterocycles. The largest absolute Gasteiger partial charge is 0.0958 e. The van der Waals surface area contributed by atoms with E-state index in [9.17, 15) is 0 Å². The third-order valence-electron chi connectivity index (χ3n) is 6.11. The van der Waals surface area contributed by atoms with Crippen LogP contribution >= 0.6 is 0 Å². The van der Waals surface area contributed by atoms with E-state index in [1.807, 2.05) is 0 Å². The summed E-state index contributed by atoms with van der Waals surface area (Å²) in [6.07, 6.45) is 11.3. The number of aryl methyl sites for hydroxylation is 1. The standard InChI is InChI=1S/C27H38/c1-8-20(5)27-21(6)13-12-16-26(27)22(7)17-24(25(9-2)19(3)4)18-23-14-10-11-15-23/h12-13,16-17,23H,3,5,8-11,14-15,18H2,1-2,4,6-7H3/b22-17+,25-24+. The number of hydrogen-bond donors (Lipinski definition) is 0. The molecule has 1 aliphatic carbocycles. The minimum absolute atomic E-state index is 0.840. The van der Waals surface area contributed by atoms with Crippen LogP contribution < -0.4 is 0 Å². The Morgan fingerprint density at radius 2 is 1.74 bits per heavy atom. The van der Waals surface area contributed by atoms with Gasteiger partial charge in [-0.1, -0.05) is 82.5 Å². The first kappa shape index (κ1) is 21.5. The molecule has 0 unspecified atom stereocenters. The Bertz CT molecular complexity index is 748. The van der Waals surface area contributed by atoms with Crippen LogP contribution in [0.15, 0.2) is 54.2 Å². The zero-order chi connectivity index (χ0) is 20.0. The fraction of sp³-hybridized carbons (Fsp3) is 0.481. The lowest BCUT2D eigenvalue weighted by Gasteiger charge is -2.19. The minimum Gasteiger partial charge on any atom is -0.0958 e. The van der Waals surface area contributed by atoms with Crippen LogP contribution in [-0.2, 0) is 0 Å². The number of hydrogen-bond acceptors (Lipinski definition) is 0. The molecule has 0 nitrogen and oxygen atoms in total. The van der Waals surface area contributed by atoms with Gasteiger partial charge in [0.1, 0.15) is 0 Å². The number of allylic oxidation sites excluding steroid dienone is 6. The van der Waals surface area contributed by atoms with Crippen LogP contribution in [-0.4, -0.2) is 0 Å². The molecule has 2 rings (SSSR count). The summed E-state index contributed by atoms with van der Waals surface area (Å²) in [6, 6.07) is 6.64. The summed E-state index contributed by atoms with van der Waals surface area (Å²) in [5, 5.41) is 0. The third kappa shape index (κ3) is 5.34. The van der Waals surface area contributed by atoms with E-state index in [-0.39, 0.29) is 0 Å². The maximum absolute atomic E-state index is 4.34. The van der Waals surface area contributed by atoms with Crippen molar-refractivity contribution in [2.45, 2.75) is 79.6 Å². The van der Waals surface area contributed by atoms with E-state index in [2.05, 4.69) is 72.1 Å². The van der Waals surface area contributed by atoms with Crippen LogP contribution in [0.3, 0.4) is 0 Å². The van der Waals surface area contributed by atoms with Crippen LogP contribution in [0.2, 0.25) is 0 Å². The van der Waals surface area contributed by atoms with E-state index >= 15 is 0 Å². The second kappa shape index (κ2) is 9.93. The molecule has 0 N–H and O–H groups in total. The average molecular weight is 363 g/mol. The molecule has 0 spiro atoms. The molecule has 0 amide bonds. The summed E-state index contributed by atoms with van der Waals surface area (Å²) in [4.78, 5) is 0. The van der Waals surface area contributed by atoms with Gasteiger partial charge in [-0.05, 0) is 84.9 Å². The molecule has 1 fully saturated rings. The summed E-state index contributed by atoms with van der Waals surface area (Å²) in [6.45, 7) is 19.7. The van der Waals surface area contributed by atoms with Crippen molar-refractivity contribution in [3.8, 4) is 0 Å². The Labute approximate surface area is 167 Å². The fourth-order valence-electron chi connectivity index (χ4n) is 4.58. The molecule has 146 valence electrons. The summed E-state index contributed by atoms with van der Waals surface area (Å²) >= 11 is 0. The topological polar surface area (TPSA) is 0 Å². The summed E-state index contributed by atoms with van der Waals surface area (Å²) < 4.78 is 0. The first-order chi connectivity index (χ1) is 12.9. The van der Waals surface area contributed by atoms with Crippen molar-refractivity contribution >= 4 is 11.1 Å². The van der Waals surface area contributed by atoms with E-state index in [1.165, 1.54) is 76.7 Å². The van der Waals surface area contributed by atoms with Crippen molar-refractivity contribution in [3.05, 3.63) is 70.8 Å². The Morgan fingerprint density at radius 3 is 2.30 bits per heavy atom. The molecule has 0 aromatic heterocycles. The second-order valence-corrected chi connectivity index (χ2v) is 8.27. The van der Waals surface area contributed by atoms with E-state index in [4.69, 9.17) is 0 Å². The van der Waals surface area contributed by atoms with Gasteiger partial charge in [0.15, 0.2) is 0 Å². The van der Waals surface area contributed by atoms with Crippen molar-refractivity contribution in [2.24, 2.45) is 5.92 Å². The van der Waals surface area contributed by atoms with Gasteiger partial charge < -0.3 is 0 Å². The molecule has 0 atom stereocenters. The van der Waals surface area contributed by atoms with Crippen LogP contribution in [0.25, 0.3) is 11.1 Å². The lowest BCUT2D eigenvalue weighted by molar-refractivity contribution is 0.546. The first-order valence-corrected chi connectivity index (χ1v) is 10.7. The summed E-state index contributed by atoms with van der Waals surface area (Å²) in [5.41, 5.74) is 10.7. The van der Waals surface area contributed by atoms with Gasteiger partial charge in [0.2, 0.25) is 0 Å². The lowest BCUT2D eigenvalue weighted by Crippen LogP contribution is -2.01. The van der Waals surface area contributed by atoms with Crippen LogP contribution in [0.4, 0.5) is 0 Å². The first-order valence-electron chi connectivity index (χ1n) is 10.7. The third-order valence-corrected chi connectivity index (χ3v) is 6.11. The Hall–Kier alpha value is -1.82. The highest BCUT2D eigenvalue weighted by molar-refractivity contribution is 5.81. The molecule has 1 aliphatic rings. The molecule has 0 saturated heterocycles. The Kier molecular flexibility index (Phi) is 7.90. The van der Waals surface area contributed by atoms with Crippen molar-refractivity contribution < 1.29 is 0 Å². The molecule has 0 heteroatoms. The minimum atomic E-state index is 0.840. The zero-order valence-electron chi connectivity index (χ0n) is 18.3. The summed E-state index contributed by atoms with van der Waals surface area (Å²) in [7, 11) is 0. The van der Waals surface area contributed by atoms with Crippen LogP contribution in [0, 0.1) is 12.8 Å². The Morgan fingerprint density at radius 1 is 1.07 bits per heavy atom. The fourth-order valence-corrected chi connectivity index (χ4v) is 4.58. The van der Waals surface area contributed by atoms with Gasteiger partial charge in [0.25, 0.3) is 0 Å². The van der Waals surface area contributed by atoms with E-state index < -0.39 is 0 Å². The molecule has 0 bridgehead atoms.